The smallest absolute Gasteiger partial charge is 0.417 e. The largest absolute Gasteiger partial charge is 0.466 e. The van der Waals surface area contributed by atoms with Crippen LogP contribution >= 0.6 is 11.6 Å². The van der Waals surface area contributed by atoms with Crippen LogP contribution in [0.1, 0.15) is 12.5 Å². The van der Waals surface area contributed by atoms with Gasteiger partial charge in [-0.05, 0) is 37.3 Å². The highest BCUT2D eigenvalue weighted by Crippen LogP contribution is 2.37. The molecule has 2 amide bonds. The number of carbonyl (C=O) groups is 2. The van der Waals surface area contributed by atoms with E-state index in [1.807, 2.05) is 0 Å². The fourth-order valence-corrected chi connectivity index (χ4v) is 2.61. The van der Waals surface area contributed by atoms with E-state index in [4.69, 9.17) is 16.3 Å². The fourth-order valence-electron chi connectivity index (χ4n) is 2.39. The monoisotopic (exact) mass is 384 g/mol. The number of anilines is 2. The van der Waals surface area contributed by atoms with Gasteiger partial charge < -0.3 is 15.4 Å². The summed E-state index contributed by atoms with van der Waals surface area (Å²) < 4.78 is 44.3. The molecule has 2 aromatic rings. The second-order valence-electron chi connectivity index (χ2n) is 5.73. The van der Waals surface area contributed by atoms with E-state index in [9.17, 15) is 22.8 Å². The third-order valence-electron chi connectivity index (χ3n) is 3.85. The number of carbonyl (C=O) groups excluding carboxylic acids is 2. The summed E-state index contributed by atoms with van der Waals surface area (Å²) in [6, 6.07) is 9.40. The molecule has 1 atom stereocenters. The SMILES string of the molecule is CC1(C(=O)Nc2ccc(Cl)c(C(F)(F)F)c2)Oc2ccccc2NC1=O. The van der Waals surface area contributed by atoms with Gasteiger partial charge in [0.25, 0.3) is 17.4 Å². The van der Waals surface area contributed by atoms with Crippen molar-refractivity contribution in [1.82, 2.24) is 0 Å². The van der Waals surface area contributed by atoms with Gasteiger partial charge in [-0.25, -0.2) is 0 Å². The molecule has 0 fully saturated rings. The van der Waals surface area contributed by atoms with Crippen molar-refractivity contribution in [1.29, 1.82) is 0 Å². The van der Waals surface area contributed by atoms with Gasteiger partial charge in [0, 0.05) is 5.69 Å². The first-order chi connectivity index (χ1) is 12.1. The predicted octanol–water partition coefficient (Wildman–Crippen LogP) is 4.09. The summed E-state index contributed by atoms with van der Waals surface area (Å²) in [4.78, 5) is 24.8. The quantitative estimate of drug-likeness (QED) is 0.766. The van der Waals surface area contributed by atoms with Crippen LogP contribution in [0.15, 0.2) is 42.5 Å². The molecule has 0 radical (unpaired) electrons. The van der Waals surface area contributed by atoms with E-state index in [0.717, 1.165) is 6.07 Å². The maximum Gasteiger partial charge on any atom is 0.417 e. The first-order valence-corrected chi connectivity index (χ1v) is 7.77. The maximum atomic E-state index is 12.9. The Labute approximate surface area is 151 Å². The van der Waals surface area contributed by atoms with Crippen LogP contribution < -0.4 is 15.4 Å². The Morgan fingerprint density at radius 1 is 1.23 bits per heavy atom. The minimum atomic E-state index is -4.68. The molecule has 2 N–H and O–H groups in total. The highest BCUT2D eigenvalue weighted by atomic mass is 35.5. The van der Waals surface area contributed by atoms with Crippen LogP contribution in [0.3, 0.4) is 0 Å². The van der Waals surface area contributed by atoms with Crippen LogP contribution in [-0.2, 0) is 15.8 Å². The third kappa shape index (κ3) is 3.20. The molecule has 1 unspecified atom stereocenters. The summed E-state index contributed by atoms with van der Waals surface area (Å²) in [5.41, 5.74) is -2.81. The topological polar surface area (TPSA) is 67.4 Å². The molecule has 1 heterocycles. The first-order valence-electron chi connectivity index (χ1n) is 7.39. The van der Waals surface area contributed by atoms with Crippen LogP contribution in [0.2, 0.25) is 5.02 Å². The molecule has 3 rings (SSSR count). The standard InChI is InChI=1S/C17H12ClF3N2O3/c1-16(15(25)23-12-4-2-3-5-13(12)26-16)14(24)22-9-6-7-11(18)10(8-9)17(19,20)21/h2-8H,1H3,(H,22,24)(H,23,25). The molecule has 1 aliphatic rings. The van der Waals surface area contributed by atoms with Crippen molar-refractivity contribution >= 4 is 34.8 Å². The summed E-state index contributed by atoms with van der Waals surface area (Å²) in [6.45, 7) is 1.23. The first kappa shape index (κ1) is 18.1. The summed E-state index contributed by atoms with van der Waals surface area (Å²) in [5.74, 6) is -1.38. The van der Waals surface area contributed by atoms with Gasteiger partial charge in [-0.3, -0.25) is 9.59 Å². The number of ether oxygens (including phenoxy) is 1. The number of fused-ring (bicyclic) bond motifs is 1. The van der Waals surface area contributed by atoms with Crippen molar-refractivity contribution in [3.05, 3.63) is 53.1 Å². The molecule has 0 bridgehead atoms. The van der Waals surface area contributed by atoms with Crippen molar-refractivity contribution in [3.8, 4) is 5.75 Å². The van der Waals surface area contributed by atoms with Gasteiger partial charge in [0.1, 0.15) is 5.75 Å². The zero-order valence-electron chi connectivity index (χ0n) is 13.3. The Bertz CT molecular complexity index is 901. The molecule has 136 valence electrons. The number of hydrogen-bond acceptors (Lipinski definition) is 3. The van der Waals surface area contributed by atoms with Gasteiger partial charge >= 0.3 is 6.18 Å². The number of hydrogen-bond donors (Lipinski definition) is 2. The van der Waals surface area contributed by atoms with Crippen LogP contribution in [0.5, 0.6) is 5.75 Å². The number of nitrogens with one attached hydrogen (secondary N) is 2. The number of halogens is 4. The van der Waals surface area contributed by atoms with Gasteiger partial charge in [-0.2, -0.15) is 13.2 Å². The van der Waals surface area contributed by atoms with Gasteiger partial charge in [-0.15, -0.1) is 0 Å². The van der Waals surface area contributed by atoms with Crippen LogP contribution in [0.4, 0.5) is 24.5 Å². The molecule has 5 nitrogen and oxygen atoms in total. The van der Waals surface area contributed by atoms with Crippen molar-refractivity contribution in [2.45, 2.75) is 18.7 Å². The van der Waals surface area contributed by atoms with Crippen molar-refractivity contribution in [2.24, 2.45) is 0 Å². The number of para-hydroxylation sites is 2. The van der Waals surface area contributed by atoms with Gasteiger partial charge in [0.05, 0.1) is 16.3 Å². The summed E-state index contributed by atoms with van der Waals surface area (Å²) >= 11 is 5.55. The average molecular weight is 385 g/mol. The number of alkyl halides is 3. The zero-order chi connectivity index (χ0) is 19.1. The van der Waals surface area contributed by atoms with Crippen molar-refractivity contribution < 1.29 is 27.5 Å². The minimum Gasteiger partial charge on any atom is -0.466 e. The van der Waals surface area contributed by atoms with Gasteiger partial charge in [0.15, 0.2) is 0 Å². The van der Waals surface area contributed by atoms with Crippen LogP contribution in [0.25, 0.3) is 0 Å². The van der Waals surface area contributed by atoms with Crippen molar-refractivity contribution in [2.75, 3.05) is 10.6 Å². The zero-order valence-corrected chi connectivity index (χ0v) is 14.0. The Hall–Kier alpha value is -2.74. The highest BCUT2D eigenvalue weighted by molar-refractivity contribution is 6.31. The minimum absolute atomic E-state index is 0.164. The summed E-state index contributed by atoms with van der Waals surface area (Å²) in [6.07, 6.45) is -4.68. The lowest BCUT2D eigenvalue weighted by Crippen LogP contribution is -2.56. The third-order valence-corrected chi connectivity index (χ3v) is 4.18. The van der Waals surface area contributed by atoms with Crippen molar-refractivity contribution in [3.63, 3.8) is 0 Å². The Morgan fingerprint density at radius 3 is 2.62 bits per heavy atom. The normalized spacial score (nSPS) is 19.2. The molecule has 0 saturated heterocycles. The highest BCUT2D eigenvalue weighted by Gasteiger charge is 2.47. The van der Waals surface area contributed by atoms with E-state index >= 15 is 0 Å². The molecule has 0 aliphatic carbocycles. The second-order valence-corrected chi connectivity index (χ2v) is 6.14. The molecular weight excluding hydrogens is 373 g/mol. The molecule has 0 aromatic heterocycles. The number of benzene rings is 2. The predicted molar refractivity (Wildman–Crippen MR) is 89.2 cm³/mol. The molecule has 1 aliphatic heterocycles. The summed E-state index contributed by atoms with van der Waals surface area (Å²) in [7, 11) is 0. The van der Waals surface area contributed by atoms with E-state index < -0.39 is 34.2 Å². The van der Waals surface area contributed by atoms with E-state index in [-0.39, 0.29) is 11.4 Å². The molecular formula is C17H12ClF3N2O3. The van der Waals surface area contributed by atoms with E-state index in [0.29, 0.717) is 11.8 Å². The molecule has 26 heavy (non-hydrogen) atoms. The molecule has 2 aromatic carbocycles. The maximum absolute atomic E-state index is 12.9. The Morgan fingerprint density at radius 2 is 1.92 bits per heavy atom. The van der Waals surface area contributed by atoms with Crippen LogP contribution in [-0.4, -0.2) is 17.4 Å². The lowest BCUT2D eigenvalue weighted by atomic mass is 10.0. The number of amides is 2. The molecule has 0 spiro atoms. The average Bonchev–Trinajstić information content (AvgIpc) is 2.56. The van der Waals surface area contributed by atoms with Gasteiger partial charge in [0.2, 0.25) is 0 Å². The Kier molecular flexibility index (Phi) is 4.31. The summed E-state index contributed by atoms with van der Waals surface area (Å²) in [5, 5.41) is 4.31. The molecule has 9 heteroatoms. The van der Waals surface area contributed by atoms with E-state index in [2.05, 4.69) is 10.6 Å². The fraction of sp³-hybridized carbons (Fsp3) is 0.176. The van der Waals surface area contributed by atoms with E-state index in [1.165, 1.54) is 13.0 Å². The Balaban J connectivity index is 1.88. The van der Waals surface area contributed by atoms with Gasteiger partial charge in [-0.1, -0.05) is 23.7 Å². The molecule has 0 saturated carbocycles. The lowest BCUT2D eigenvalue weighted by molar-refractivity contribution is -0.143. The second kappa shape index (κ2) is 6.21. The lowest BCUT2D eigenvalue weighted by Gasteiger charge is -2.33. The van der Waals surface area contributed by atoms with E-state index in [1.54, 1.807) is 24.3 Å². The van der Waals surface area contributed by atoms with Crippen LogP contribution in [0, 0.1) is 0 Å². The number of rotatable bonds is 2.